The standard InChI is InChI=1S/C14H26N2O3S/c1-9(14(4,5)6)8-16-20(17,18)13-11(3)19-10(2)12(13)7-15/h9,16H,7-8,15H2,1-6H3. The summed E-state index contributed by atoms with van der Waals surface area (Å²) >= 11 is 0. The molecule has 0 saturated carbocycles. The topological polar surface area (TPSA) is 85.3 Å². The van der Waals surface area contributed by atoms with Crippen LogP contribution in [-0.4, -0.2) is 15.0 Å². The van der Waals surface area contributed by atoms with E-state index in [4.69, 9.17) is 10.2 Å². The third kappa shape index (κ3) is 3.62. The molecule has 5 nitrogen and oxygen atoms in total. The fourth-order valence-corrected chi connectivity index (χ4v) is 3.50. The van der Waals surface area contributed by atoms with Crippen molar-refractivity contribution >= 4 is 10.0 Å². The summed E-state index contributed by atoms with van der Waals surface area (Å²) in [5.74, 6) is 1.17. The Balaban J connectivity index is 3.01. The van der Waals surface area contributed by atoms with Gasteiger partial charge in [0.1, 0.15) is 16.4 Å². The predicted molar refractivity (Wildman–Crippen MR) is 79.9 cm³/mol. The number of aryl methyl sites for hydroxylation is 2. The van der Waals surface area contributed by atoms with E-state index in [0.29, 0.717) is 23.6 Å². The molecule has 0 aliphatic heterocycles. The van der Waals surface area contributed by atoms with Gasteiger partial charge < -0.3 is 10.2 Å². The largest absolute Gasteiger partial charge is 0.465 e. The van der Waals surface area contributed by atoms with Crippen LogP contribution in [0.2, 0.25) is 0 Å². The van der Waals surface area contributed by atoms with Crippen molar-refractivity contribution in [2.45, 2.75) is 53.0 Å². The molecule has 1 atom stereocenters. The van der Waals surface area contributed by atoms with Crippen molar-refractivity contribution in [3.63, 3.8) is 0 Å². The van der Waals surface area contributed by atoms with Gasteiger partial charge >= 0.3 is 0 Å². The van der Waals surface area contributed by atoms with E-state index in [9.17, 15) is 8.42 Å². The minimum absolute atomic E-state index is 0.0422. The van der Waals surface area contributed by atoms with E-state index in [0.717, 1.165) is 0 Å². The molecule has 6 heteroatoms. The van der Waals surface area contributed by atoms with Crippen LogP contribution in [0.1, 0.15) is 44.8 Å². The van der Waals surface area contributed by atoms with Gasteiger partial charge in [0.2, 0.25) is 10.0 Å². The van der Waals surface area contributed by atoms with Gasteiger partial charge in [-0.2, -0.15) is 0 Å². The summed E-state index contributed by atoms with van der Waals surface area (Å²) in [5.41, 5.74) is 6.23. The summed E-state index contributed by atoms with van der Waals surface area (Å²) in [6.45, 7) is 12.2. The van der Waals surface area contributed by atoms with Crippen LogP contribution in [0.3, 0.4) is 0 Å². The van der Waals surface area contributed by atoms with Crippen LogP contribution in [-0.2, 0) is 16.6 Å². The maximum atomic E-state index is 12.5. The molecular formula is C14H26N2O3S. The van der Waals surface area contributed by atoms with Crippen molar-refractivity contribution in [2.75, 3.05) is 6.54 Å². The van der Waals surface area contributed by atoms with Gasteiger partial charge in [-0.15, -0.1) is 0 Å². The first kappa shape index (κ1) is 17.2. The molecule has 0 bridgehead atoms. The van der Waals surface area contributed by atoms with Gasteiger partial charge in [-0.3, -0.25) is 0 Å². The molecule has 3 N–H and O–H groups in total. The predicted octanol–water partition coefficient (Wildman–Crippen LogP) is 2.32. The van der Waals surface area contributed by atoms with E-state index >= 15 is 0 Å². The molecule has 116 valence electrons. The molecule has 1 aromatic rings. The highest BCUT2D eigenvalue weighted by molar-refractivity contribution is 7.89. The molecule has 1 aromatic heterocycles. The van der Waals surface area contributed by atoms with Gasteiger partial charge in [0.05, 0.1) is 0 Å². The quantitative estimate of drug-likeness (QED) is 0.874. The number of hydrogen-bond donors (Lipinski definition) is 2. The molecule has 0 spiro atoms. The first-order chi connectivity index (χ1) is 9.00. The highest BCUT2D eigenvalue weighted by atomic mass is 32.2. The third-order valence-corrected chi connectivity index (χ3v) is 5.47. The highest BCUT2D eigenvalue weighted by Gasteiger charge is 2.28. The number of hydrogen-bond acceptors (Lipinski definition) is 4. The van der Waals surface area contributed by atoms with Crippen LogP contribution in [0.25, 0.3) is 0 Å². The second kappa shape index (κ2) is 5.87. The Kier molecular flexibility index (Phi) is 5.05. The Morgan fingerprint density at radius 3 is 2.25 bits per heavy atom. The second-order valence-corrected chi connectivity index (χ2v) is 8.05. The SMILES string of the molecule is Cc1oc(C)c(S(=O)(=O)NCC(C)C(C)(C)C)c1CN. The first-order valence-corrected chi connectivity index (χ1v) is 8.27. The monoisotopic (exact) mass is 302 g/mol. The highest BCUT2D eigenvalue weighted by Crippen LogP contribution is 2.28. The molecule has 0 fully saturated rings. The minimum atomic E-state index is -3.59. The van der Waals surface area contributed by atoms with Gasteiger partial charge in [0.15, 0.2) is 0 Å². The summed E-state index contributed by atoms with van der Waals surface area (Å²) in [7, 11) is -3.59. The van der Waals surface area contributed by atoms with Crippen molar-refractivity contribution in [1.29, 1.82) is 0 Å². The van der Waals surface area contributed by atoms with E-state index in [1.165, 1.54) is 0 Å². The average Bonchev–Trinajstić information content (AvgIpc) is 2.59. The summed E-state index contributed by atoms with van der Waals surface area (Å²) in [6.07, 6.45) is 0. The molecule has 1 heterocycles. The summed E-state index contributed by atoms with van der Waals surface area (Å²) in [5, 5.41) is 0. The molecule has 0 aliphatic rings. The van der Waals surface area contributed by atoms with Crippen molar-refractivity contribution in [2.24, 2.45) is 17.1 Å². The van der Waals surface area contributed by atoms with Gasteiger partial charge in [-0.25, -0.2) is 13.1 Å². The van der Waals surface area contributed by atoms with Crippen LogP contribution in [0.4, 0.5) is 0 Å². The zero-order chi connectivity index (χ0) is 15.7. The average molecular weight is 302 g/mol. The van der Waals surface area contributed by atoms with Crippen molar-refractivity contribution in [3.8, 4) is 0 Å². The van der Waals surface area contributed by atoms with Crippen LogP contribution >= 0.6 is 0 Å². The van der Waals surface area contributed by atoms with Crippen molar-refractivity contribution < 1.29 is 12.8 Å². The van der Waals surface area contributed by atoms with E-state index in [1.54, 1.807) is 13.8 Å². The number of furan rings is 1. The van der Waals surface area contributed by atoms with Crippen LogP contribution in [0, 0.1) is 25.2 Å². The van der Waals surface area contributed by atoms with Crippen LogP contribution < -0.4 is 10.5 Å². The van der Waals surface area contributed by atoms with E-state index in [2.05, 4.69) is 25.5 Å². The molecule has 0 saturated heterocycles. The molecule has 20 heavy (non-hydrogen) atoms. The Morgan fingerprint density at radius 1 is 1.25 bits per heavy atom. The van der Waals surface area contributed by atoms with Crippen LogP contribution in [0.5, 0.6) is 0 Å². The Labute approximate surface area is 122 Å². The Bertz CT molecular complexity index is 568. The lowest BCUT2D eigenvalue weighted by Crippen LogP contribution is -2.34. The van der Waals surface area contributed by atoms with Crippen molar-refractivity contribution in [1.82, 2.24) is 4.72 Å². The molecule has 0 aliphatic carbocycles. The number of sulfonamides is 1. The first-order valence-electron chi connectivity index (χ1n) is 6.79. The Morgan fingerprint density at radius 2 is 1.80 bits per heavy atom. The van der Waals surface area contributed by atoms with Crippen LogP contribution in [0.15, 0.2) is 9.31 Å². The summed E-state index contributed by atoms with van der Waals surface area (Å²) < 4.78 is 33.0. The normalized spacial score (nSPS) is 14.6. The molecular weight excluding hydrogens is 276 g/mol. The molecule has 0 amide bonds. The zero-order valence-corrected chi connectivity index (χ0v) is 14.0. The number of rotatable bonds is 5. The van der Waals surface area contributed by atoms with Gasteiger partial charge in [-0.05, 0) is 25.2 Å². The third-order valence-electron chi connectivity index (χ3n) is 3.86. The fourth-order valence-electron chi connectivity index (χ4n) is 1.91. The second-order valence-electron chi connectivity index (χ2n) is 6.35. The summed E-state index contributed by atoms with van der Waals surface area (Å²) in [4.78, 5) is 0.193. The molecule has 0 aromatic carbocycles. The lowest BCUT2D eigenvalue weighted by molar-refractivity contribution is 0.263. The molecule has 1 rings (SSSR count). The number of nitrogens with two attached hydrogens (primary N) is 1. The van der Waals surface area contributed by atoms with E-state index in [1.807, 2.05) is 6.92 Å². The van der Waals surface area contributed by atoms with Gasteiger partial charge in [0, 0.05) is 18.7 Å². The fraction of sp³-hybridized carbons (Fsp3) is 0.714. The van der Waals surface area contributed by atoms with Crippen molar-refractivity contribution in [3.05, 3.63) is 17.1 Å². The zero-order valence-electron chi connectivity index (χ0n) is 13.2. The lowest BCUT2D eigenvalue weighted by atomic mass is 9.82. The minimum Gasteiger partial charge on any atom is -0.465 e. The number of nitrogens with one attached hydrogen (secondary N) is 1. The molecule has 0 radical (unpaired) electrons. The maximum absolute atomic E-state index is 12.5. The van der Waals surface area contributed by atoms with E-state index < -0.39 is 10.0 Å². The smallest absolute Gasteiger partial charge is 0.244 e. The van der Waals surface area contributed by atoms with Gasteiger partial charge in [0.25, 0.3) is 0 Å². The lowest BCUT2D eigenvalue weighted by Gasteiger charge is -2.27. The summed E-state index contributed by atoms with van der Waals surface area (Å²) in [6, 6.07) is 0. The maximum Gasteiger partial charge on any atom is 0.244 e. The van der Waals surface area contributed by atoms with Gasteiger partial charge in [-0.1, -0.05) is 27.7 Å². The molecule has 1 unspecified atom stereocenters. The Hall–Kier alpha value is -0.850. The van der Waals surface area contributed by atoms with E-state index in [-0.39, 0.29) is 22.8 Å².